The van der Waals surface area contributed by atoms with Crippen LogP contribution < -0.4 is 10.6 Å². The van der Waals surface area contributed by atoms with Gasteiger partial charge in [0.25, 0.3) is 0 Å². The average molecular weight is 338 g/mol. The molecule has 0 saturated carbocycles. The third-order valence-electron chi connectivity index (χ3n) is 3.77. The monoisotopic (exact) mass is 338 g/mol. The smallest absolute Gasteiger partial charge is 0.407 e. The van der Waals surface area contributed by atoms with E-state index in [2.05, 4.69) is 15.7 Å². The van der Waals surface area contributed by atoms with Crippen LogP contribution in [0.15, 0.2) is 12.4 Å². The van der Waals surface area contributed by atoms with Crippen molar-refractivity contribution in [2.24, 2.45) is 5.92 Å². The molecular formula is C17H30N4O3. The maximum Gasteiger partial charge on any atom is 0.407 e. The van der Waals surface area contributed by atoms with Gasteiger partial charge in [0, 0.05) is 12.7 Å². The Balaban J connectivity index is 2.63. The van der Waals surface area contributed by atoms with Gasteiger partial charge in [0.1, 0.15) is 12.1 Å². The van der Waals surface area contributed by atoms with E-state index in [1.54, 1.807) is 10.9 Å². The third-order valence-corrected chi connectivity index (χ3v) is 3.77. The Kier molecular flexibility index (Phi) is 6.40. The topological polar surface area (TPSA) is 85.3 Å². The average Bonchev–Trinajstić information content (AvgIpc) is 2.79. The normalized spacial score (nSPS) is 14.2. The molecule has 1 heterocycles. The number of aryl methyl sites for hydroxylation is 1. The van der Waals surface area contributed by atoms with Crippen LogP contribution in [0.4, 0.5) is 4.79 Å². The predicted molar refractivity (Wildman–Crippen MR) is 92.6 cm³/mol. The summed E-state index contributed by atoms with van der Waals surface area (Å²) in [5, 5.41) is 9.85. The number of ether oxygens (including phenoxy) is 1. The van der Waals surface area contributed by atoms with Gasteiger partial charge in [-0.1, -0.05) is 13.8 Å². The second kappa shape index (κ2) is 7.68. The van der Waals surface area contributed by atoms with Crippen LogP contribution in [0.25, 0.3) is 0 Å². The van der Waals surface area contributed by atoms with Gasteiger partial charge >= 0.3 is 6.09 Å². The van der Waals surface area contributed by atoms with Crippen molar-refractivity contribution in [3.05, 3.63) is 18.0 Å². The van der Waals surface area contributed by atoms with E-state index in [1.807, 2.05) is 54.7 Å². The Morgan fingerprint density at radius 1 is 1.29 bits per heavy atom. The second-order valence-corrected chi connectivity index (χ2v) is 7.69. The fraction of sp³-hybridized carbons (Fsp3) is 0.706. The minimum absolute atomic E-state index is 0.121. The maximum atomic E-state index is 12.3. The molecule has 1 unspecified atom stereocenters. The molecule has 7 nitrogen and oxygen atoms in total. The minimum atomic E-state index is -0.587. The van der Waals surface area contributed by atoms with E-state index in [0.29, 0.717) is 0 Å². The molecule has 0 bridgehead atoms. The Labute approximate surface area is 144 Å². The highest BCUT2D eigenvalue weighted by atomic mass is 16.6. The Hall–Kier alpha value is -2.05. The van der Waals surface area contributed by atoms with Gasteiger partial charge in [-0.05, 0) is 46.1 Å². The largest absolute Gasteiger partial charge is 0.444 e. The van der Waals surface area contributed by atoms with Crippen LogP contribution in [-0.2, 0) is 16.1 Å². The van der Waals surface area contributed by atoms with Crippen LogP contribution >= 0.6 is 0 Å². The van der Waals surface area contributed by atoms with Gasteiger partial charge in [0.2, 0.25) is 5.91 Å². The molecule has 2 N–H and O–H groups in total. The zero-order valence-electron chi connectivity index (χ0n) is 15.8. The van der Waals surface area contributed by atoms with Gasteiger partial charge in [-0.15, -0.1) is 0 Å². The number of rotatable bonds is 6. The molecule has 0 aliphatic rings. The summed E-state index contributed by atoms with van der Waals surface area (Å²) in [7, 11) is 0. The van der Waals surface area contributed by atoms with Crippen LogP contribution in [0.3, 0.4) is 0 Å². The van der Waals surface area contributed by atoms with Gasteiger partial charge in [0.15, 0.2) is 0 Å². The lowest BCUT2D eigenvalue weighted by Crippen LogP contribution is -2.57. The van der Waals surface area contributed by atoms with Crippen molar-refractivity contribution < 1.29 is 14.3 Å². The highest BCUT2D eigenvalue weighted by Gasteiger charge is 2.31. The number of hydrogen-bond acceptors (Lipinski definition) is 4. The molecule has 2 amide bonds. The van der Waals surface area contributed by atoms with Gasteiger partial charge < -0.3 is 15.4 Å². The predicted octanol–water partition coefficient (Wildman–Crippen LogP) is 2.25. The molecular weight excluding hydrogens is 308 g/mol. The fourth-order valence-electron chi connectivity index (χ4n) is 2.02. The summed E-state index contributed by atoms with van der Waals surface area (Å²) >= 11 is 0. The van der Waals surface area contributed by atoms with E-state index in [1.165, 1.54) is 0 Å². The summed E-state index contributed by atoms with van der Waals surface area (Å²) in [6.07, 6.45) is 3.02. The van der Waals surface area contributed by atoms with Crippen molar-refractivity contribution in [1.29, 1.82) is 0 Å². The number of carbonyl (C=O) groups is 2. The molecule has 1 rings (SSSR count). The Morgan fingerprint density at radius 3 is 2.38 bits per heavy atom. The molecule has 0 radical (unpaired) electrons. The molecule has 1 aromatic rings. The summed E-state index contributed by atoms with van der Waals surface area (Å²) in [5.41, 5.74) is -0.142. The standard InChI is InChI=1S/C17H30N4O3/c1-12(2)17(7,11-18-15(23)24-16(4,5)6)20-14(22)10-21-9-13(3)8-19-21/h8-9,12H,10-11H2,1-7H3,(H,18,23)(H,20,22). The number of amides is 2. The van der Waals surface area contributed by atoms with E-state index in [9.17, 15) is 9.59 Å². The van der Waals surface area contributed by atoms with E-state index in [4.69, 9.17) is 4.74 Å². The zero-order chi connectivity index (χ0) is 18.5. The van der Waals surface area contributed by atoms with Crippen LogP contribution in [-0.4, -0.2) is 39.5 Å². The number of carbonyl (C=O) groups excluding carboxylic acids is 2. The van der Waals surface area contributed by atoms with Gasteiger partial charge in [-0.25, -0.2) is 4.79 Å². The summed E-state index contributed by atoms with van der Waals surface area (Å²) in [4.78, 5) is 24.1. The molecule has 0 aromatic carbocycles. The lowest BCUT2D eigenvalue weighted by Gasteiger charge is -2.35. The van der Waals surface area contributed by atoms with Gasteiger partial charge in [-0.2, -0.15) is 5.10 Å². The van der Waals surface area contributed by atoms with E-state index in [0.717, 1.165) is 5.56 Å². The van der Waals surface area contributed by atoms with E-state index >= 15 is 0 Å². The zero-order valence-corrected chi connectivity index (χ0v) is 15.8. The van der Waals surface area contributed by atoms with Crippen molar-refractivity contribution in [2.75, 3.05) is 6.54 Å². The number of hydrogen-bond donors (Lipinski definition) is 2. The molecule has 0 aliphatic heterocycles. The molecule has 136 valence electrons. The molecule has 24 heavy (non-hydrogen) atoms. The Bertz CT molecular complexity index is 575. The summed E-state index contributed by atoms with van der Waals surface area (Å²) in [6, 6.07) is 0. The minimum Gasteiger partial charge on any atom is -0.444 e. The fourth-order valence-corrected chi connectivity index (χ4v) is 2.02. The number of nitrogens with one attached hydrogen (secondary N) is 2. The molecule has 1 atom stereocenters. The van der Waals surface area contributed by atoms with E-state index in [-0.39, 0.29) is 24.9 Å². The quantitative estimate of drug-likeness (QED) is 0.833. The highest BCUT2D eigenvalue weighted by Crippen LogP contribution is 2.16. The molecule has 0 saturated heterocycles. The number of nitrogens with zero attached hydrogens (tertiary/aromatic N) is 2. The maximum absolute atomic E-state index is 12.3. The second-order valence-electron chi connectivity index (χ2n) is 7.69. The molecule has 0 spiro atoms. The van der Waals surface area contributed by atoms with Gasteiger partial charge in [-0.3, -0.25) is 9.48 Å². The first kappa shape index (κ1) is 20.0. The first-order valence-electron chi connectivity index (χ1n) is 8.18. The summed E-state index contributed by atoms with van der Waals surface area (Å²) in [6.45, 7) is 13.7. The molecule has 0 aliphatic carbocycles. The van der Waals surface area contributed by atoms with Crippen LogP contribution in [0, 0.1) is 12.8 Å². The molecule has 0 fully saturated rings. The lowest BCUT2D eigenvalue weighted by atomic mass is 9.88. The summed E-state index contributed by atoms with van der Waals surface area (Å²) in [5.74, 6) is -0.0315. The Morgan fingerprint density at radius 2 is 1.92 bits per heavy atom. The SMILES string of the molecule is Cc1cnn(CC(=O)NC(C)(CNC(=O)OC(C)(C)C)C(C)C)c1. The third kappa shape index (κ3) is 6.60. The van der Waals surface area contributed by atoms with Crippen molar-refractivity contribution in [1.82, 2.24) is 20.4 Å². The number of alkyl carbamates (subject to hydrolysis) is 1. The van der Waals surface area contributed by atoms with Crippen molar-refractivity contribution in [3.63, 3.8) is 0 Å². The van der Waals surface area contributed by atoms with Crippen molar-refractivity contribution in [3.8, 4) is 0 Å². The summed E-state index contributed by atoms with van der Waals surface area (Å²) < 4.78 is 6.83. The first-order chi connectivity index (χ1) is 10.9. The van der Waals surface area contributed by atoms with Gasteiger partial charge in [0.05, 0.1) is 11.7 Å². The van der Waals surface area contributed by atoms with E-state index < -0.39 is 17.2 Å². The highest BCUT2D eigenvalue weighted by molar-refractivity contribution is 5.76. The molecule has 7 heteroatoms. The van der Waals surface area contributed by atoms with Crippen molar-refractivity contribution >= 4 is 12.0 Å². The van der Waals surface area contributed by atoms with Crippen LogP contribution in [0.5, 0.6) is 0 Å². The molecule has 1 aromatic heterocycles. The first-order valence-corrected chi connectivity index (χ1v) is 8.18. The van der Waals surface area contributed by atoms with Crippen LogP contribution in [0.1, 0.15) is 47.1 Å². The number of aromatic nitrogens is 2. The van der Waals surface area contributed by atoms with Crippen LogP contribution in [0.2, 0.25) is 0 Å². The van der Waals surface area contributed by atoms with Crippen molar-refractivity contribution in [2.45, 2.75) is 66.2 Å². The lowest BCUT2D eigenvalue weighted by molar-refractivity contribution is -0.124.